The van der Waals surface area contributed by atoms with Crippen LogP contribution in [0.2, 0.25) is 0 Å². The zero-order chi connectivity index (χ0) is 29.6. The first-order chi connectivity index (χ1) is 20.4. The van der Waals surface area contributed by atoms with E-state index in [1.54, 1.807) is 12.1 Å². The Balaban J connectivity index is 1.35. The van der Waals surface area contributed by atoms with Gasteiger partial charge in [-0.25, -0.2) is 18.6 Å². The van der Waals surface area contributed by atoms with E-state index in [0.29, 0.717) is 12.3 Å². The first kappa shape index (κ1) is 29.2. The molecule has 3 N–H and O–H groups in total. The number of nitrogens with one attached hydrogen (secondary N) is 2. The summed E-state index contributed by atoms with van der Waals surface area (Å²) in [5, 5.41) is 19.4. The molecule has 220 valence electrons. The van der Waals surface area contributed by atoms with Crippen LogP contribution in [0.5, 0.6) is 5.75 Å². The molecule has 0 unspecified atom stereocenters. The Morgan fingerprint density at radius 2 is 2.00 bits per heavy atom. The maximum absolute atomic E-state index is 15.1. The molecular formula is C31H32F2N4O5. The lowest BCUT2D eigenvalue weighted by molar-refractivity contribution is -0.132. The van der Waals surface area contributed by atoms with Crippen LogP contribution >= 0.6 is 0 Å². The summed E-state index contributed by atoms with van der Waals surface area (Å²) < 4.78 is 45.9. The van der Waals surface area contributed by atoms with Gasteiger partial charge in [-0.3, -0.25) is 4.90 Å². The van der Waals surface area contributed by atoms with Crippen molar-refractivity contribution in [3.8, 4) is 17.0 Å². The fraction of sp³-hybridized carbons (Fsp3) is 0.323. The Morgan fingerprint density at radius 1 is 1.19 bits per heavy atom. The minimum absolute atomic E-state index is 0.0717. The molecule has 9 nitrogen and oxygen atoms in total. The number of hydrogen-bond donors (Lipinski definition) is 3. The number of nitrogens with zero attached hydrogens (tertiary/aromatic N) is 2. The highest BCUT2D eigenvalue weighted by atomic mass is 19.1. The third-order valence-electron chi connectivity index (χ3n) is 7.50. The number of benzene rings is 2. The molecule has 0 atom stereocenters. The van der Waals surface area contributed by atoms with Gasteiger partial charge in [-0.2, -0.15) is 0 Å². The van der Waals surface area contributed by atoms with Crippen molar-refractivity contribution in [1.29, 1.82) is 5.41 Å². The smallest absolute Gasteiger partial charge is 0.342 e. The van der Waals surface area contributed by atoms with Crippen LogP contribution in [0, 0.1) is 17.0 Å². The van der Waals surface area contributed by atoms with Gasteiger partial charge in [0.15, 0.2) is 11.6 Å². The molecule has 42 heavy (non-hydrogen) atoms. The normalized spacial score (nSPS) is 16.3. The molecular weight excluding hydrogens is 546 g/mol. The second kappa shape index (κ2) is 13.1. The number of ether oxygens (including phenoxy) is 3. The summed E-state index contributed by atoms with van der Waals surface area (Å²) in [5.41, 5.74) is 3.24. The van der Waals surface area contributed by atoms with Crippen molar-refractivity contribution in [3.63, 3.8) is 0 Å². The van der Waals surface area contributed by atoms with E-state index >= 15 is 4.39 Å². The van der Waals surface area contributed by atoms with E-state index in [1.165, 1.54) is 24.3 Å². The summed E-state index contributed by atoms with van der Waals surface area (Å²) in [6, 6.07) is 13.3. The summed E-state index contributed by atoms with van der Waals surface area (Å²) in [4.78, 5) is 18.3. The van der Waals surface area contributed by atoms with Gasteiger partial charge in [0.25, 0.3) is 0 Å². The van der Waals surface area contributed by atoms with Gasteiger partial charge in [-0.15, -0.1) is 0 Å². The molecule has 1 aromatic heterocycles. The maximum atomic E-state index is 15.1. The molecule has 3 aromatic rings. The summed E-state index contributed by atoms with van der Waals surface area (Å²) in [7, 11) is 1.25. The van der Waals surface area contributed by atoms with Gasteiger partial charge >= 0.3 is 5.97 Å². The summed E-state index contributed by atoms with van der Waals surface area (Å²) in [6.45, 7) is 3.56. The van der Waals surface area contributed by atoms with Crippen LogP contribution in [-0.2, 0) is 33.8 Å². The molecule has 2 aliphatic heterocycles. The maximum Gasteiger partial charge on any atom is 0.342 e. The van der Waals surface area contributed by atoms with Gasteiger partial charge in [-0.1, -0.05) is 24.3 Å². The van der Waals surface area contributed by atoms with Crippen LogP contribution in [-0.4, -0.2) is 60.1 Å². The Bertz CT molecular complexity index is 1510. The highest BCUT2D eigenvalue weighted by Gasteiger charge is 2.25. The van der Waals surface area contributed by atoms with Crippen molar-refractivity contribution in [2.45, 2.75) is 38.5 Å². The number of anilines is 1. The largest absolute Gasteiger partial charge is 0.485 e. The van der Waals surface area contributed by atoms with E-state index in [0.717, 1.165) is 63.3 Å². The van der Waals surface area contributed by atoms with Gasteiger partial charge in [0.2, 0.25) is 5.88 Å². The zero-order valence-corrected chi connectivity index (χ0v) is 23.2. The van der Waals surface area contributed by atoms with Crippen molar-refractivity contribution in [1.82, 2.24) is 9.88 Å². The average Bonchev–Trinajstić information content (AvgIpc) is 3.00. The van der Waals surface area contributed by atoms with Crippen molar-refractivity contribution in [2.24, 2.45) is 0 Å². The number of hydrogen-bond acceptors (Lipinski definition) is 8. The number of rotatable bonds is 10. The fourth-order valence-corrected chi connectivity index (χ4v) is 5.36. The van der Waals surface area contributed by atoms with Crippen LogP contribution in [0.4, 0.5) is 14.6 Å². The Labute approximate surface area is 242 Å². The van der Waals surface area contributed by atoms with Crippen LogP contribution in [0.1, 0.15) is 29.5 Å². The predicted octanol–water partition coefficient (Wildman–Crippen LogP) is 5.15. The Morgan fingerprint density at radius 3 is 2.74 bits per heavy atom. The van der Waals surface area contributed by atoms with E-state index in [2.05, 4.69) is 27.3 Å². The Kier molecular flexibility index (Phi) is 9.09. The minimum Gasteiger partial charge on any atom is -0.485 e. The van der Waals surface area contributed by atoms with Gasteiger partial charge in [0.05, 0.1) is 12.8 Å². The second-order valence-electron chi connectivity index (χ2n) is 10.1. The third kappa shape index (κ3) is 6.58. The zero-order valence-electron chi connectivity index (χ0n) is 23.2. The molecule has 0 saturated carbocycles. The van der Waals surface area contributed by atoms with Crippen LogP contribution in [0.25, 0.3) is 11.3 Å². The minimum atomic E-state index is -1.37. The number of carbonyl (C=O) groups is 1. The molecule has 0 spiro atoms. The van der Waals surface area contributed by atoms with Gasteiger partial charge in [0, 0.05) is 50.2 Å². The molecule has 0 bridgehead atoms. The SMILES string of the molecule is CO/C(Nc1cccc(-c2cc(F)cc(F)c2OCc2ccc3c(c2)CCN(C2CCOCC2)C3)n1)=C(/C=N)C(=O)O. The Hall–Kier alpha value is -4.35. The van der Waals surface area contributed by atoms with Crippen molar-refractivity contribution in [3.05, 3.63) is 88.3 Å². The number of fused-ring (bicyclic) bond motifs is 1. The van der Waals surface area contributed by atoms with Crippen LogP contribution in [0.15, 0.2) is 60.0 Å². The van der Waals surface area contributed by atoms with Crippen molar-refractivity contribution in [2.75, 3.05) is 32.2 Å². The molecule has 3 heterocycles. The van der Waals surface area contributed by atoms with Crippen LogP contribution < -0.4 is 10.1 Å². The molecule has 11 heteroatoms. The van der Waals surface area contributed by atoms with Crippen molar-refractivity contribution < 1.29 is 32.9 Å². The first-order valence-corrected chi connectivity index (χ1v) is 13.7. The number of halogens is 2. The molecule has 0 aliphatic carbocycles. The van der Waals surface area contributed by atoms with E-state index in [1.807, 2.05) is 6.07 Å². The number of aromatic nitrogens is 1. The fourth-order valence-electron chi connectivity index (χ4n) is 5.36. The van der Waals surface area contributed by atoms with Crippen molar-refractivity contribution >= 4 is 18.0 Å². The van der Waals surface area contributed by atoms with Gasteiger partial charge in [0.1, 0.15) is 23.8 Å². The predicted molar refractivity (Wildman–Crippen MR) is 152 cm³/mol. The van der Waals surface area contributed by atoms with Crippen LogP contribution in [0.3, 0.4) is 0 Å². The number of carboxylic acids is 1. The molecule has 1 fully saturated rings. The first-order valence-electron chi connectivity index (χ1n) is 13.7. The molecule has 2 aromatic carbocycles. The number of methoxy groups -OCH3 is 1. The standard InChI is InChI=1S/C31H32F2N4O5/c1-40-30(25(16-34)31(38)39)36-28-4-2-3-27(35-28)24-14-22(32)15-26(33)29(24)42-18-19-5-6-21-17-37(10-7-20(21)13-19)23-8-11-41-12-9-23/h2-6,13-16,23,34H,7-12,17-18H2,1H3,(H,35,36)(H,38,39)/b30-25-,34-16?. The van der Waals surface area contributed by atoms with Gasteiger partial charge < -0.3 is 30.0 Å². The van der Waals surface area contributed by atoms with E-state index in [-0.39, 0.29) is 35.3 Å². The molecule has 5 rings (SSSR count). The summed E-state index contributed by atoms with van der Waals surface area (Å²) in [6.07, 6.45) is 3.66. The lowest BCUT2D eigenvalue weighted by atomic mass is 9.95. The lowest BCUT2D eigenvalue weighted by Gasteiger charge is -2.37. The highest BCUT2D eigenvalue weighted by Crippen LogP contribution is 2.34. The van der Waals surface area contributed by atoms with E-state index in [9.17, 15) is 14.3 Å². The molecule has 0 amide bonds. The summed E-state index contributed by atoms with van der Waals surface area (Å²) in [5.74, 6) is -3.26. The highest BCUT2D eigenvalue weighted by molar-refractivity contribution is 6.08. The van der Waals surface area contributed by atoms with E-state index < -0.39 is 23.2 Å². The quantitative estimate of drug-likeness (QED) is 0.172. The lowest BCUT2D eigenvalue weighted by Crippen LogP contribution is -2.42. The molecule has 0 radical (unpaired) electrons. The molecule has 2 aliphatic rings. The topological polar surface area (TPSA) is 117 Å². The number of pyridine rings is 1. The number of aliphatic carboxylic acids is 1. The number of carboxylic acid groups (broad SMARTS) is 1. The second-order valence-corrected chi connectivity index (χ2v) is 10.1. The third-order valence-corrected chi connectivity index (χ3v) is 7.50. The summed E-state index contributed by atoms with van der Waals surface area (Å²) >= 11 is 0. The molecule has 1 saturated heterocycles. The average molecular weight is 579 g/mol. The van der Waals surface area contributed by atoms with Gasteiger partial charge in [-0.05, 0) is 54.2 Å². The monoisotopic (exact) mass is 578 g/mol. The van der Waals surface area contributed by atoms with E-state index in [4.69, 9.17) is 19.6 Å².